The van der Waals surface area contributed by atoms with Gasteiger partial charge in [-0.1, -0.05) is 51.8 Å². The van der Waals surface area contributed by atoms with E-state index in [9.17, 15) is 19.5 Å². The first-order valence-electron chi connectivity index (χ1n) is 12.5. The van der Waals surface area contributed by atoms with Crippen LogP contribution in [0.25, 0.3) is 0 Å². The summed E-state index contributed by atoms with van der Waals surface area (Å²) in [5.41, 5.74) is -0.652. The Kier molecular flexibility index (Phi) is 8.48. The molecule has 10 heteroatoms. The normalized spacial score (nSPS) is 29.8. The van der Waals surface area contributed by atoms with Crippen molar-refractivity contribution >= 4 is 50.9 Å². The Morgan fingerprint density at radius 3 is 2.59 bits per heavy atom. The number of para-hydroxylation sites is 1. The Hall–Kier alpha value is -2.20. The Morgan fingerprint density at radius 2 is 1.95 bits per heavy atom. The summed E-state index contributed by atoms with van der Waals surface area (Å²) in [5, 5.41) is 9.75. The van der Waals surface area contributed by atoms with Gasteiger partial charge in [0.15, 0.2) is 0 Å². The van der Waals surface area contributed by atoms with E-state index >= 15 is 0 Å². The van der Waals surface area contributed by atoms with Gasteiger partial charge in [-0.3, -0.25) is 14.4 Å². The quantitative estimate of drug-likeness (QED) is 0.242. The van der Waals surface area contributed by atoms with Crippen molar-refractivity contribution < 1.29 is 24.2 Å². The van der Waals surface area contributed by atoms with Gasteiger partial charge in [-0.05, 0) is 31.4 Å². The summed E-state index contributed by atoms with van der Waals surface area (Å²) in [6.07, 6.45) is 4.13. The van der Waals surface area contributed by atoms with E-state index in [1.54, 1.807) is 53.3 Å². The number of aliphatic hydroxyl groups is 1. The molecule has 0 aromatic heterocycles. The maximum absolute atomic E-state index is 14.4. The first kappa shape index (κ1) is 27.8. The van der Waals surface area contributed by atoms with Crippen LogP contribution in [0.3, 0.4) is 0 Å². The van der Waals surface area contributed by atoms with Crippen molar-refractivity contribution in [3.63, 3.8) is 0 Å². The number of alkyl halides is 1. The van der Waals surface area contributed by atoms with Gasteiger partial charge >= 0.3 is 0 Å². The van der Waals surface area contributed by atoms with Crippen LogP contribution in [-0.2, 0) is 19.1 Å². The van der Waals surface area contributed by atoms with Gasteiger partial charge < -0.3 is 24.5 Å². The molecule has 3 fully saturated rings. The van der Waals surface area contributed by atoms with Crippen LogP contribution in [-0.4, -0.2) is 88.5 Å². The summed E-state index contributed by atoms with van der Waals surface area (Å²) in [6.45, 7) is 8.30. The minimum Gasteiger partial charge on any atom is -0.396 e. The molecule has 3 amide bonds. The van der Waals surface area contributed by atoms with E-state index < -0.39 is 29.6 Å². The van der Waals surface area contributed by atoms with E-state index in [0.717, 1.165) is 0 Å². The van der Waals surface area contributed by atoms with Crippen molar-refractivity contribution in [1.29, 1.82) is 0 Å². The predicted octanol–water partition coefficient (Wildman–Crippen LogP) is 3.02. The molecule has 6 atom stereocenters. The topological polar surface area (TPSA) is 90.4 Å². The predicted molar refractivity (Wildman–Crippen MR) is 146 cm³/mol. The fourth-order valence-corrected chi connectivity index (χ4v) is 7.30. The molecule has 3 saturated heterocycles. The molecule has 3 unspecified atom stereocenters. The number of aliphatic hydroxyl groups excluding tert-OH is 1. The van der Waals surface area contributed by atoms with Crippen LogP contribution < -0.4 is 4.90 Å². The Morgan fingerprint density at radius 1 is 1.24 bits per heavy atom. The third-order valence-electron chi connectivity index (χ3n) is 7.62. The van der Waals surface area contributed by atoms with Gasteiger partial charge in [0.05, 0.1) is 28.6 Å². The van der Waals surface area contributed by atoms with Crippen LogP contribution in [0.1, 0.15) is 19.3 Å². The van der Waals surface area contributed by atoms with E-state index in [0.29, 0.717) is 36.5 Å². The van der Waals surface area contributed by atoms with Crippen LogP contribution in [0.5, 0.6) is 0 Å². The zero-order valence-corrected chi connectivity index (χ0v) is 23.2. The van der Waals surface area contributed by atoms with Gasteiger partial charge in [0.25, 0.3) is 5.91 Å². The van der Waals surface area contributed by atoms with Gasteiger partial charge in [-0.25, -0.2) is 0 Å². The number of hydrogen-bond acceptors (Lipinski definition) is 5. The first-order chi connectivity index (χ1) is 17.7. The Labute approximate surface area is 231 Å². The standard InChI is InChI=1S/C27H33BrClN3O5/c1-4-12-30(3)24(34)20-21-25(35)32(14-8-9-15-33)23(27(21)16-17(28)22(20)37-27)26(36)31(13-5-2)19-11-7-6-10-18(19)29/h4-7,10-11,17,20-23,33H,1-2,8-9,12-16H2,3H3/t17?,20-,21+,22-,23?,27?/m1/s1. The summed E-state index contributed by atoms with van der Waals surface area (Å²) in [7, 11) is 1.68. The van der Waals surface area contributed by atoms with Gasteiger partial charge in [-0.15, -0.1) is 13.2 Å². The second-order valence-electron chi connectivity index (χ2n) is 9.82. The largest absolute Gasteiger partial charge is 0.396 e. The molecule has 0 aliphatic carbocycles. The van der Waals surface area contributed by atoms with Crippen LogP contribution >= 0.6 is 27.5 Å². The van der Waals surface area contributed by atoms with Gasteiger partial charge in [0.1, 0.15) is 11.6 Å². The van der Waals surface area contributed by atoms with Crippen LogP contribution in [0.15, 0.2) is 49.6 Å². The molecule has 1 aromatic rings. The van der Waals surface area contributed by atoms with E-state index in [-0.39, 0.29) is 42.2 Å². The number of fused-ring (bicyclic) bond motifs is 1. The summed E-state index contributed by atoms with van der Waals surface area (Å²) in [6, 6.07) is 6.08. The molecule has 200 valence electrons. The molecule has 8 nitrogen and oxygen atoms in total. The average Bonchev–Trinajstić information content (AvgIpc) is 3.46. The lowest BCUT2D eigenvalue weighted by Crippen LogP contribution is -2.57. The highest BCUT2D eigenvalue weighted by Gasteiger charge is 2.76. The molecule has 3 aliphatic heterocycles. The maximum Gasteiger partial charge on any atom is 0.253 e. The third kappa shape index (κ3) is 4.64. The molecule has 1 aromatic carbocycles. The fourth-order valence-electron chi connectivity index (χ4n) is 6.12. The van der Waals surface area contributed by atoms with Gasteiger partial charge in [-0.2, -0.15) is 0 Å². The number of halogens is 2. The lowest BCUT2D eigenvalue weighted by Gasteiger charge is -2.37. The number of likely N-dealkylation sites (N-methyl/N-ethyl adjacent to an activating group) is 1. The van der Waals surface area contributed by atoms with Crippen molar-refractivity contribution in [3.05, 3.63) is 54.6 Å². The summed E-state index contributed by atoms with van der Waals surface area (Å²) in [5.74, 6) is -2.30. The SMILES string of the molecule is C=CCN(C)C(=O)[C@H]1[C@@H]2OC3(CC2Br)C(C(=O)N(CC=C)c2ccccc2Cl)N(CCCCO)C(=O)[C@H]13. The van der Waals surface area contributed by atoms with Crippen molar-refractivity contribution in [2.45, 2.75) is 41.8 Å². The molecular weight excluding hydrogens is 562 g/mol. The zero-order valence-electron chi connectivity index (χ0n) is 20.9. The first-order valence-corrected chi connectivity index (χ1v) is 13.8. The van der Waals surface area contributed by atoms with E-state index in [1.165, 1.54) is 4.90 Å². The van der Waals surface area contributed by atoms with Crippen molar-refractivity contribution in [2.24, 2.45) is 11.8 Å². The highest BCUT2D eigenvalue weighted by atomic mass is 79.9. The molecule has 0 radical (unpaired) electrons. The molecular formula is C27H33BrClN3O5. The Bertz CT molecular complexity index is 1090. The van der Waals surface area contributed by atoms with E-state index in [2.05, 4.69) is 29.1 Å². The van der Waals surface area contributed by atoms with Crippen LogP contribution in [0.4, 0.5) is 5.69 Å². The van der Waals surface area contributed by atoms with Gasteiger partial charge in [0.2, 0.25) is 11.8 Å². The molecule has 0 saturated carbocycles. The van der Waals surface area contributed by atoms with E-state index in [4.69, 9.17) is 16.3 Å². The molecule has 3 heterocycles. The zero-order chi connectivity index (χ0) is 26.9. The summed E-state index contributed by atoms with van der Waals surface area (Å²) >= 11 is 10.2. The van der Waals surface area contributed by atoms with Crippen LogP contribution in [0.2, 0.25) is 5.02 Å². The second kappa shape index (κ2) is 11.3. The van der Waals surface area contributed by atoms with Crippen molar-refractivity contribution in [3.8, 4) is 0 Å². The number of carbonyl (C=O) groups excluding carboxylic acids is 3. The fraction of sp³-hybridized carbons (Fsp3) is 0.519. The summed E-state index contributed by atoms with van der Waals surface area (Å²) < 4.78 is 6.55. The number of benzene rings is 1. The smallest absolute Gasteiger partial charge is 0.253 e. The molecule has 1 spiro atoms. The number of hydrogen-bond donors (Lipinski definition) is 1. The monoisotopic (exact) mass is 593 g/mol. The highest BCUT2D eigenvalue weighted by Crippen LogP contribution is 2.60. The molecule has 3 aliphatic rings. The lowest BCUT2D eigenvalue weighted by molar-refractivity contribution is -0.144. The number of unbranched alkanes of at least 4 members (excludes halogenated alkanes) is 1. The van der Waals surface area contributed by atoms with Crippen LogP contribution in [0, 0.1) is 11.8 Å². The lowest BCUT2D eigenvalue weighted by atomic mass is 9.70. The molecule has 1 N–H and O–H groups in total. The second-order valence-corrected chi connectivity index (χ2v) is 11.4. The van der Waals surface area contributed by atoms with Crippen molar-refractivity contribution in [1.82, 2.24) is 9.80 Å². The van der Waals surface area contributed by atoms with Crippen molar-refractivity contribution in [2.75, 3.05) is 38.2 Å². The number of anilines is 1. The summed E-state index contributed by atoms with van der Waals surface area (Å²) in [4.78, 5) is 46.4. The number of likely N-dealkylation sites (tertiary alicyclic amines) is 1. The molecule has 2 bridgehead atoms. The number of carbonyl (C=O) groups is 3. The Balaban J connectivity index is 1.79. The average molecular weight is 595 g/mol. The minimum atomic E-state index is -1.16. The number of nitrogens with zero attached hydrogens (tertiary/aromatic N) is 3. The number of ether oxygens (including phenoxy) is 1. The van der Waals surface area contributed by atoms with E-state index in [1.807, 2.05) is 0 Å². The number of rotatable bonds is 11. The molecule has 37 heavy (non-hydrogen) atoms. The maximum atomic E-state index is 14.4. The molecule has 4 rings (SSSR count). The third-order valence-corrected chi connectivity index (χ3v) is 8.78. The number of amides is 3. The minimum absolute atomic E-state index is 0.0209. The highest BCUT2D eigenvalue weighted by molar-refractivity contribution is 9.09. The van der Waals surface area contributed by atoms with Gasteiger partial charge in [0, 0.05) is 38.1 Å².